The third kappa shape index (κ3) is 3.53. The van der Waals surface area contributed by atoms with E-state index in [4.69, 9.17) is 16.7 Å². The summed E-state index contributed by atoms with van der Waals surface area (Å²) in [7, 11) is 1.31. The van der Waals surface area contributed by atoms with Gasteiger partial charge in [0, 0.05) is 5.02 Å². The summed E-state index contributed by atoms with van der Waals surface area (Å²) in [6.45, 7) is -0.223. The van der Waals surface area contributed by atoms with E-state index >= 15 is 0 Å². The van der Waals surface area contributed by atoms with Crippen molar-refractivity contribution in [1.82, 2.24) is 0 Å². The summed E-state index contributed by atoms with van der Waals surface area (Å²) in [5, 5.41) is 9.64. The van der Waals surface area contributed by atoms with Crippen LogP contribution in [-0.4, -0.2) is 24.8 Å². The van der Waals surface area contributed by atoms with Gasteiger partial charge in [0.2, 0.25) is 0 Å². The molecule has 0 amide bonds. The molecule has 1 aromatic rings. The molecule has 82 valence electrons. The molecule has 0 saturated carbocycles. The highest BCUT2D eigenvalue weighted by Gasteiger charge is 2.18. The zero-order chi connectivity index (χ0) is 11.3. The molecular formula is C11H13ClO3. The van der Waals surface area contributed by atoms with Gasteiger partial charge in [-0.05, 0) is 24.1 Å². The predicted molar refractivity (Wildman–Crippen MR) is 57.7 cm³/mol. The quantitative estimate of drug-likeness (QED) is 0.798. The molecule has 0 aliphatic heterocycles. The van der Waals surface area contributed by atoms with Crippen molar-refractivity contribution in [2.45, 2.75) is 6.42 Å². The molecule has 4 heteroatoms. The second kappa shape index (κ2) is 5.73. The van der Waals surface area contributed by atoms with Gasteiger partial charge in [-0.1, -0.05) is 23.7 Å². The number of carbonyl (C=O) groups excluding carboxylic acids is 1. The number of rotatable bonds is 4. The Labute approximate surface area is 93.6 Å². The van der Waals surface area contributed by atoms with E-state index < -0.39 is 11.9 Å². The molecule has 0 bridgehead atoms. The van der Waals surface area contributed by atoms with Gasteiger partial charge >= 0.3 is 5.97 Å². The molecule has 0 fully saturated rings. The maximum Gasteiger partial charge on any atom is 0.311 e. The van der Waals surface area contributed by atoms with Crippen LogP contribution in [0.1, 0.15) is 5.56 Å². The first-order chi connectivity index (χ1) is 7.17. The van der Waals surface area contributed by atoms with Crippen LogP contribution < -0.4 is 0 Å². The lowest BCUT2D eigenvalue weighted by Gasteiger charge is -2.11. The molecule has 0 aromatic heterocycles. The summed E-state index contributed by atoms with van der Waals surface area (Å²) in [4.78, 5) is 11.2. The molecule has 0 heterocycles. The van der Waals surface area contributed by atoms with Crippen molar-refractivity contribution in [3.63, 3.8) is 0 Å². The van der Waals surface area contributed by atoms with Crippen molar-refractivity contribution in [1.29, 1.82) is 0 Å². The summed E-state index contributed by atoms with van der Waals surface area (Å²) < 4.78 is 4.57. The maximum atomic E-state index is 11.2. The van der Waals surface area contributed by atoms with Crippen molar-refractivity contribution in [2.75, 3.05) is 13.7 Å². The first kappa shape index (κ1) is 12.0. The van der Waals surface area contributed by atoms with E-state index in [1.54, 1.807) is 12.1 Å². The standard InChI is InChI=1S/C11H13ClO3/c1-15-11(14)9(7-13)5-8-3-2-4-10(12)6-8/h2-4,6,9,13H,5,7H2,1H3. The average molecular weight is 229 g/mol. The van der Waals surface area contributed by atoms with Crippen LogP contribution in [0.4, 0.5) is 0 Å². The van der Waals surface area contributed by atoms with E-state index in [9.17, 15) is 4.79 Å². The van der Waals surface area contributed by atoms with E-state index in [-0.39, 0.29) is 6.61 Å². The van der Waals surface area contributed by atoms with Gasteiger partial charge in [0.1, 0.15) is 0 Å². The largest absolute Gasteiger partial charge is 0.469 e. The molecule has 1 atom stereocenters. The Bertz CT molecular complexity index is 338. The number of ether oxygens (including phenoxy) is 1. The molecule has 1 unspecified atom stereocenters. The highest BCUT2D eigenvalue weighted by Crippen LogP contribution is 2.15. The van der Waals surface area contributed by atoms with Crippen LogP contribution in [0.5, 0.6) is 0 Å². The van der Waals surface area contributed by atoms with Crippen molar-refractivity contribution in [2.24, 2.45) is 5.92 Å². The predicted octanol–water partition coefficient (Wildman–Crippen LogP) is 1.66. The summed E-state index contributed by atoms with van der Waals surface area (Å²) in [6, 6.07) is 7.20. The highest BCUT2D eigenvalue weighted by atomic mass is 35.5. The van der Waals surface area contributed by atoms with Gasteiger partial charge in [0.05, 0.1) is 19.6 Å². The van der Waals surface area contributed by atoms with Crippen molar-refractivity contribution in [3.8, 4) is 0 Å². The van der Waals surface area contributed by atoms with Crippen LogP contribution >= 0.6 is 11.6 Å². The van der Waals surface area contributed by atoms with Gasteiger partial charge in [-0.15, -0.1) is 0 Å². The average Bonchev–Trinajstić information content (AvgIpc) is 2.25. The molecule has 15 heavy (non-hydrogen) atoms. The fourth-order valence-electron chi connectivity index (χ4n) is 1.34. The molecule has 0 aliphatic carbocycles. The number of hydrogen-bond acceptors (Lipinski definition) is 3. The van der Waals surface area contributed by atoms with Crippen LogP contribution in [0.15, 0.2) is 24.3 Å². The van der Waals surface area contributed by atoms with Gasteiger partial charge in [-0.2, -0.15) is 0 Å². The number of methoxy groups -OCH3 is 1. The third-order valence-electron chi connectivity index (χ3n) is 2.13. The van der Waals surface area contributed by atoms with Crippen molar-refractivity contribution < 1.29 is 14.6 Å². The van der Waals surface area contributed by atoms with E-state index in [1.807, 2.05) is 12.1 Å². The lowest BCUT2D eigenvalue weighted by atomic mass is 10.0. The summed E-state index contributed by atoms with van der Waals surface area (Å²) in [5.74, 6) is -0.925. The number of carbonyl (C=O) groups is 1. The normalized spacial score (nSPS) is 12.2. The van der Waals surface area contributed by atoms with Crippen molar-refractivity contribution >= 4 is 17.6 Å². The van der Waals surface area contributed by atoms with E-state index in [0.717, 1.165) is 5.56 Å². The van der Waals surface area contributed by atoms with Gasteiger partial charge < -0.3 is 9.84 Å². The molecule has 0 radical (unpaired) electrons. The molecule has 1 rings (SSSR count). The minimum absolute atomic E-state index is 0.223. The van der Waals surface area contributed by atoms with E-state index in [2.05, 4.69) is 4.74 Å². The Morgan fingerprint density at radius 3 is 2.87 bits per heavy atom. The number of hydrogen-bond donors (Lipinski definition) is 1. The number of aliphatic hydroxyl groups excluding tert-OH is 1. The van der Waals surface area contributed by atoms with Crippen LogP contribution in [0.25, 0.3) is 0 Å². The van der Waals surface area contributed by atoms with Crippen molar-refractivity contribution in [3.05, 3.63) is 34.9 Å². The summed E-state index contributed by atoms with van der Waals surface area (Å²) >= 11 is 5.81. The minimum Gasteiger partial charge on any atom is -0.469 e. The minimum atomic E-state index is -0.520. The molecular weight excluding hydrogens is 216 g/mol. The summed E-state index contributed by atoms with van der Waals surface area (Å²) in [5.41, 5.74) is 0.909. The smallest absolute Gasteiger partial charge is 0.311 e. The topological polar surface area (TPSA) is 46.5 Å². The molecule has 0 spiro atoms. The second-order valence-electron chi connectivity index (χ2n) is 3.24. The molecule has 0 saturated heterocycles. The van der Waals surface area contributed by atoms with Crippen LogP contribution in [0.3, 0.4) is 0 Å². The molecule has 3 nitrogen and oxygen atoms in total. The molecule has 1 aromatic carbocycles. The number of halogens is 1. The van der Waals surface area contributed by atoms with E-state index in [0.29, 0.717) is 11.4 Å². The molecule has 0 aliphatic rings. The highest BCUT2D eigenvalue weighted by molar-refractivity contribution is 6.30. The Morgan fingerprint density at radius 1 is 1.60 bits per heavy atom. The lowest BCUT2D eigenvalue weighted by molar-refractivity contribution is -0.146. The zero-order valence-electron chi connectivity index (χ0n) is 8.44. The number of aliphatic hydroxyl groups is 1. The monoisotopic (exact) mass is 228 g/mol. The Kier molecular flexibility index (Phi) is 4.59. The first-order valence-electron chi connectivity index (χ1n) is 4.60. The number of esters is 1. The molecule has 1 N–H and O–H groups in total. The fourth-order valence-corrected chi connectivity index (χ4v) is 1.55. The second-order valence-corrected chi connectivity index (χ2v) is 3.67. The van der Waals surface area contributed by atoms with Gasteiger partial charge in [0.15, 0.2) is 0 Å². The van der Waals surface area contributed by atoms with Crippen LogP contribution in [0.2, 0.25) is 5.02 Å². The van der Waals surface area contributed by atoms with Gasteiger partial charge in [-0.25, -0.2) is 0 Å². The van der Waals surface area contributed by atoms with Crippen LogP contribution in [0, 0.1) is 5.92 Å². The third-order valence-corrected chi connectivity index (χ3v) is 2.36. The Morgan fingerprint density at radius 2 is 2.33 bits per heavy atom. The fraction of sp³-hybridized carbons (Fsp3) is 0.364. The maximum absolute atomic E-state index is 11.2. The van der Waals surface area contributed by atoms with E-state index in [1.165, 1.54) is 7.11 Å². The number of benzene rings is 1. The Hall–Kier alpha value is -1.06. The van der Waals surface area contributed by atoms with Gasteiger partial charge in [0.25, 0.3) is 0 Å². The first-order valence-corrected chi connectivity index (χ1v) is 4.98. The van der Waals surface area contributed by atoms with Gasteiger partial charge in [-0.3, -0.25) is 4.79 Å². The SMILES string of the molecule is COC(=O)C(CO)Cc1cccc(Cl)c1. The Balaban J connectivity index is 2.70. The van der Waals surface area contributed by atoms with Crippen LogP contribution in [-0.2, 0) is 16.0 Å². The zero-order valence-corrected chi connectivity index (χ0v) is 9.20. The summed E-state index contributed by atoms with van der Waals surface area (Å²) in [6.07, 6.45) is 0.434. The lowest BCUT2D eigenvalue weighted by Crippen LogP contribution is -2.22.